The van der Waals surface area contributed by atoms with Crippen molar-refractivity contribution in [2.75, 3.05) is 26.2 Å². The van der Waals surface area contributed by atoms with Crippen molar-refractivity contribution >= 4 is 11.8 Å². The predicted octanol–water partition coefficient (Wildman–Crippen LogP) is 1.82. The quantitative estimate of drug-likeness (QED) is 0.632. The monoisotopic (exact) mass is 401 g/mol. The van der Waals surface area contributed by atoms with Gasteiger partial charge in [0.2, 0.25) is 11.8 Å². The minimum Gasteiger partial charge on any atom is -0.355 e. The second-order valence-electron chi connectivity index (χ2n) is 7.21. The van der Waals surface area contributed by atoms with Gasteiger partial charge in [0.25, 0.3) is 0 Å². The van der Waals surface area contributed by atoms with E-state index in [2.05, 4.69) is 16.0 Å². The van der Waals surface area contributed by atoms with Crippen molar-refractivity contribution < 1.29 is 18.4 Å². The van der Waals surface area contributed by atoms with E-state index in [4.69, 9.17) is 0 Å². The van der Waals surface area contributed by atoms with Crippen LogP contribution in [0, 0.1) is 23.5 Å². The van der Waals surface area contributed by atoms with Crippen LogP contribution in [-0.4, -0.2) is 38.0 Å². The van der Waals surface area contributed by atoms with Crippen LogP contribution in [0.25, 0.3) is 0 Å². The Labute approximate surface area is 168 Å². The van der Waals surface area contributed by atoms with Crippen molar-refractivity contribution in [2.24, 2.45) is 11.8 Å². The van der Waals surface area contributed by atoms with Crippen molar-refractivity contribution in [2.45, 2.75) is 12.8 Å². The molecular weight excluding hydrogens is 376 g/mol. The van der Waals surface area contributed by atoms with Gasteiger partial charge in [-0.05, 0) is 48.2 Å². The van der Waals surface area contributed by atoms with Gasteiger partial charge >= 0.3 is 0 Å². The third-order valence-electron chi connectivity index (χ3n) is 5.09. The minimum atomic E-state index is -0.448. The van der Waals surface area contributed by atoms with Gasteiger partial charge in [0.15, 0.2) is 0 Å². The number of carbonyl (C=O) groups is 2. The average molecular weight is 401 g/mol. The summed E-state index contributed by atoms with van der Waals surface area (Å²) in [4.78, 5) is 25.0. The Bertz CT molecular complexity index is 790. The maximum atomic E-state index is 13.2. The highest BCUT2D eigenvalue weighted by molar-refractivity contribution is 5.88. The van der Waals surface area contributed by atoms with Gasteiger partial charge in [0.05, 0.1) is 11.8 Å². The first-order valence-corrected chi connectivity index (χ1v) is 9.78. The molecular formula is C22H25F2N3O2. The highest BCUT2D eigenvalue weighted by atomic mass is 19.1. The lowest BCUT2D eigenvalue weighted by Gasteiger charge is -2.18. The van der Waals surface area contributed by atoms with Crippen LogP contribution in [-0.2, 0) is 22.4 Å². The zero-order valence-electron chi connectivity index (χ0n) is 16.1. The Balaban J connectivity index is 1.44. The smallest absolute Gasteiger partial charge is 0.225 e. The van der Waals surface area contributed by atoms with Gasteiger partial charge in [-0.1, -0.05) is 24.3 Å². The van der Waals surface area contributed by atoms with E-state index >= 15 is 0 Å². The number of amides is 2. The highest BCUT2D eigenvalue weighted by Crippen LogP contribution is 2.17. The van der Waals surface area contributed by atoms with E-state index in [1.165, 1.54) is 24.3 Å². The molecule has 1 unspecified atom stereocenters. The van der Waals surface area contributed by atoms with Crippen LogP contribution in [0.1, 0.15) is 11.1 Å². The molecule has 1 fully saturated rings. The van der Waals surface area contributed by atoms with E-state index in [1.54, 1.807) is 24.3 Å². The summed E-state index contributed by atoms with van der Waals surface area (Å²) in [5.41, 5.74) is 1.61. The first-order valence-electron chi connectivity index (χ1n) is 9.78. The SMILES string of the molecule is O=C(NCCc1cccc(F)c1)C1CNC[C@H]1C(=O)NCCc1cccc(F)c1. The van der Waals surface area contributed by atoms with Gasteiger partial charge in [-0.25, -0.2) is 8.78 Å². The number of rotatable bonds is 8. The zero-order chi connectivity index (χ0) is 20.6. The average Bonchev–Trinajstić information content (AvgIpc) is 3.18. The fourth-order valence-electron chi connectivity index (χ4n) is 3.54. The molecule has 0 spiro atoms. The molecule has 1 aliphatic rings. The number of benzene rings is 2. The van der Waals surface area contributed by atoms with Crippen LogP contribution in [0.15, 0.2) is 48.5 Å². The van der Waals surface area contributed by atoms with Crippen LogP contribution in [0.4, 0.5) is 8.78 Å². The summed E-state index contributed by atoms with van der Waals surface area (Å²) in [6.07, 6.45) is 1.04. The van der Waals surface area contributed by atoms with Crippen molar-refractivity contribution in [3.8, 4) is 0 Å². The van der Waals surface area contributed by atoms with Crippen molar-refractivity contribution in [3.05, 3.63) is 71.3 Å². The third-order valence-corrected chi connectivity index (χ3v) is 5.09. The molecule has 154 valence electrons. The second kappa shape index (κ2) is 10.1. The molecule has 2 aromatic rings. The molecule has 0 radical (unpaired) electrons. The van der Waals surface area contributed by atoms with E-state index in [1.807, 2.05) is 0 Å². The molecule has 1 heterocycles. The van der Waals surface area contributed by atoms with Crippen molar-refractivity contribution in [3.63, 3.8) is 0 Å². The summed E-state index contributed by atoms with van der Waals surface area (Å²) < 4.78 is 26.4. The van der Waals surface area contributed by atoms with E-state index < -0.39 is 11.8 Å². The largest absolute Gasteiger partial charge is 0.355 e. The van der Waals surface area contributed by atoms with E-state index in [0.29, 0.717) is 39.0 Å². The predicted molar refractivity (Wildman–Crippen MR) is 106 cm³/mol. The Hall–Kier alpha value is -2.80. The fourth-order valence-corrected chi connectivity index (χ4v) is 3.54. The number of nitrogens with one attached hydrogen (secondary N) is 3. The summed E-state index contributed by atoms with van der Waals surface area (Å²) in [5, 5.41) is 8.78. The van der Waals surface area contributed by atoms with E-state index in [-0.39, 0.29) is 23.4 Å². The lowest BCUT2D eigenvalue weighted by atomic mass is 9.94. The van der Waals surface area contributed by atoms with Gasteiger partial charge in [0, 0.05) is 26.2 Å². The topological polar surface area (TPSA) is 70.2 Å². The van der Waals surface area contributed by atoms with E-state index in [0.717, 1.165) is 11.1 Å². The van der Waals surface area contributed by atoms with Crippen LogP contribution >= 0.6 is 0 Å². The summed E-state index contributed by atoms with van der Waals surface area (Å²) in [6.45, 7) is 1.64. The fraction of sp³-hybridized carbons (Fsp3) is 0.364. The zero-order valence-corrected chi connectivity index (χ0v) is 16.1. The minimum absolute atomic E-state index is 0.184. The molecule has 1 saturated heterocycles. The Kier molecular flexibility index (Phi) is 7.30. The molecule has 1 aliphatic heterocycles. The maximum absolute atomic E-state index is 13.2. The molecule has 29 heavy (non-hydrogen) atoms. The lowest BCUT2D eigenvalue weighted by Crippen LogP contribution is -2.42. The third kappa shape index (κ3) is 6.09. The second-order valence-corrected chi connectivity index (χ2v) is 7.21. The molecule has 7 heteroatoms. The van der Waals surface area contributed by atoms with Crippen LogP contribution < -0.4 is 16.0 Å². The van der Waals surface area contributed by atoms with Gasteiger partial charge in [-0.3, -0.25) is 9.59 Å². The number of hydrogen-bond donors (Lipinski definition) is 3. The molecule has 0 bridgehead atoms. The molecule has 2 atom stereocenters. The summed E-state index contributed by atoms with van der Waals surface area (Å²) in [5.74, 6) is -1.87. The van der Waals surface area contributed by atoms with Gasteiger partial charge in [0.1, 0.15) is 11.6 Å². The Morgan fingerprint density at radius 3 is 1.69 bits per heavy atom. The molecule has 0 aliphatic carbocycles. The van der Waals surface area contributed by atoms with Crippen LogP contribution in [0.2, 0.25) is 0 Å². The number of carbonyl (C=O) groups excluding carboxylic acids is 2. The Morgan fingerprint density at radius 2 is 1.28 bits per heavy atom. The molecule has 0 aromatic heterocycles. The van der Waals surface area contributed by atoms with Gasteiger partial charge in [-0.15, -0.1) is 0 Å². The molecule has 3 N–H and O–H groups in total. The number of halogens is 2. The molecule has 5 nitrogen and oxygen atoms in total. The normalized spacial score (nSPS) is 18.4. The summed E-state index contributed by atoms with van der Waals surface area (Å²) in [7, 11) is 0. The number of hydrogen-bond acceptors (Lipinski definition) is 3. The lowest BCUT2D eigenvalue weighted by molar-refractivity contribution is -0.132. The van der Waals surface area contributed by atoms with Crippen LogP contribution in [0.5, 0.6) is 0 Å². The van der Waals surface area contributed by atoms with Crippen molar-refractivity contribution in [1.29, 1.82) is 0 Å². The van der Waals surface area contributed by atoms with E-state index in [9.17, 15) is 18.4 Å². The first kappa shape index (κ1) is 20.9. The summed E-state index contributed by atoms with van der Waals surface area (Å²) in [6, 6.07) is 12.5. The molecule has 3 rings (SSSR count). The maximum Gasteiger partial charge on any atom is 0.225 e. The summed E-state index contributed by atoms with van der Waals surface area (Å²) >= 11 is 0. The Morgan fingerprint density at radius 1 is 0.828 bits per heavy atom. The highest BCUT2D eigenvalue weighted by Gasteiger charge is 2.37. The molecule has 0 saturated carbocycles. The van der Waals surface area contributed by atoms with Gasteiger partial charge in [-0.2, -0.15) is 0 Å². The van der Waals surface area contributed by atoms with Crippen LogP contribution in [0.3, 0.4) is 0 Å². The first-order chi connectivity index (χ1) is 14.0. The van der Waals surface area contributed by atoms with Crippen molar-refractivity contribution in [1.82, 2.24) is 16.0 Å². The standard InChI is InChI=1S/C22H25F2N3O2/c23-17-5-1-3-15(11-17)7-9-26-21(28)19-13-25-14-20(19)22(29)27-10-8-16-4-2-6-18(24)12-16/h1-6,11-12,19-20,25H,7-10,13-14H2,(H,26,28)(H,27,29)/t19-,20?/m1/s1. The molecule has 2 amide bonds. The van der Waals surface area contributed by atoms with Gasteiger partial charge < -0.3 is 16.0 Å². The molecule has 2 aromatic carbocycles.